The lowest BCUT2D eigenvalue weighted by Gasteiger charge is -2.73. The molecule has 0 radical (unpaired) electrons. The number of anilines is 1. The molecule has 2 aromatic rings. The van der Waals surface area contributed by atoms with Crippen molar-refractivity contribution in [1.82, 2.24) is 9.88 Å². The Morgan fingerprint density at radius 3 is 2.25 bits per heavy atom. The van der Waals surface area contributed by atoms with E-state index in [1.807, 2.05) is 18.3 Å². The summed E-state index contributed by atoms with van der Waals surface area (Å²) < 4.78 is 64.2. The maximum Gasteiger partial charge on any atom is 0.288 e. The van der Waals surface area contributed by atoms with Crippen LogP contribution in [0.2, 0.25) is 0 Å². The van der Waals surface area contributed by atoms with Gasteiger partial charge in [0.15, 0.2) is 5.60 Å². The third-order valence-corrected chi connectivity index (χ3v) is 8.19. The Balaban J connectivity index is 1.19. The number of aromatic nitrogens is 1. The van der Waals surface area contributed by atoms with E-state index in [0.717, 1.165) is 49.7 Å². The standard InChI is InChI=1S/C24H25F4N3O/c1-30-6-8-31(9-7-30)20-5-2-16(11-29-20)21-12-22(13-21,14-21)24(27,28)23(15-32-23)18-4-3-17(25)10-19(18)26/h2-5,10-11H,6-9,12-15H2,1H3. The number of alkyl halides is 2. The Kier molecular flexibility index (Phi) is 4.11. The van der Waals surface area contributed by atoms with Crippen molar-refractivity contribution in [3.63, 3.8) is 0 Å². The summed E-state index contributed by atoms with van der Waals surface area (Å²) in [5.74, 6) is -4.08. The Morgan fingerprint density at radius 1 is 1.00 bits per heavy atom. The molecule has 3 saturated carbocycles. The lowest BCUT2D eigenvalue weighted by molar-refractivity contribution is -0.306. The molecule has 170 valence electrons. The molecule has 3 aliphatic carbocycles. The van der Waals surface area contributed by atoms with Gasteiger partial charge in [-0.2, -0.15) is 0 Å². The van der Waals surface area contributed by atoms with E-state index in [0.29, 0.717) is 25.3 Å². The highest BCUT2D eigenvalue weighted by molar-refractivity contribution is 5.47. The van der Waals surface area contributed by atoms with Gasteiger partial charge in [0.25, 0.3) is 5.92 Å². The molecular formula is C24H25F4N3O. The largest absolute Gasteiger partial charge is 0.358 e. The van der Waals surface area contributed by atoms with E-state index in [-0.39, 0.29) is 17.6 Å². The normalized spacial score (nSPS) is 34.1. The van der Waals surface area contributed by atoms with Gasteiger partial charge in [0.2, 0.25) is 0 Å². The predicted octanol–water partition coefficient (Wildman–Crippen LogP) is 4.09. The first-order chi connectivity index (χ1) is 15.2. The minimum Gasteiger partial charge on any atom is -0.358 e. The minimum absolute atomic E-state index is 0.249. The Bertz CT molecular complexity index is 1040. The first kappa shape index (κ1) is 20.4. The SMILES string of the molecule is CN1CCN(c2ccc(C34CC(C(F)(F)C5(c6ccc(F)cc6F)CO5)(C3)C4)cn2)CC1. The van der Waals surface area contributed by atoms with Crippen molar-refractivity contribution in [2.75, 3.05) is 44.7 Å². The number of likely N-dealkylation sites (N-methyl/N-ethyl adjacent to an activating group) is 1. The second kappa shape index (κ2) is 6.44. The number of hydrogen-bond acceptors (Lipinski definition) is 4. The fourth-order valence-electron chi connectivity index (χ4n) is 6.17. The van der Waals surface area contributed by atoms with Crippen molar-refractivity contribution in [2.24, 2.45) is 5.41 Å². The zero-order valence-corrected chi connectivity index (χ0v) is 17.9. The van der Waals surface area contributed by atoms with Crippen LogP contribution in [-0.2, 0) is 15.8 Å². The van der Waals surface area contributed by atoms with Crippen LogP contribution in [0.4, 0.5) is 23.4 Å². The highest BCUT2D eigenvalue weighted by atomic mass is 19.3. The first-order valence-corrected chi connectivity index (χ1v) is 11.1. The van der Waals surface area contributed by atoms with E-state index in [9.17, 15) is 8.78 Å². The van der Waals surface area contributed by atoms with Crippen molar-refractivity contribution < 1.29 is 22.3 Å². The fourth-order valence-corrected chi connectivity index (χ4v) is 6.17. The van der Waals surface area contributed by atoms with Gasteiger partial charge in [0.1, 0.15) is 17.5 Å². The summed E-state index contributed by atoms with van der Waals surface area (Å²) >= 11 is 0. The lowest BCUT2D eigenvalue weighted by Crippen LogP contribution is -2.74. The molecular weight excluding hydrogens is 422 g/mol. The van der Waals surface area contributed by atoms with Crippen molar-refractivity contribution in [3.05, 3.63) is 59.3 Å². The molecule has 1 aromatic carbocycles. The van der Waals surface area contributed by atoms with Gasteiger partial charge in [0.05, 0.1) is 6.61 Å². The smallest absolute Gasteiger partial charge is 0.288 e. The van der Waals surface area contributed by atoms with E-state index in [4.69, 9.17) is 4.74 Å². The molecule has 32 heavy (non-hydrogen) atoms. The van der Waals surface area contributed by atoms with Gasteiger partial charge in [-0.15, -0.1) is 0 Å². The van der Waals surface area contributed by atoms with Crippen LogP contribution in [0, 0.1) is 17.0 Å². The molecule has 2 aliphatic heterocycles. The second-order valence-electron chi connectivity index (χ2n) is 10.1. The fraction of sp³-hybridized carbons (Fsp3) is 0.542. The molecule has 0 N–H and O–H groups in total. The van der Waals surface area contributed by atoms with Crippen LogP contribution in [0.15, 0.2) is 36.5 Å². The molecule has 1 unspecified atom stereocenters. The quantitative estimate of drug-likeness (QED) is 0.511. The van der Waals surface area contributed by atoms with Crippen LogP contribution >= 0.6 is 0 Å². The molecule has 0 amide bonds. The topological polar surface area (TPSA) is 31.9 Å². The molecule has 0 spiro atoms. The van der Waals surface area contributed by atoms with E-state index in [1.165, 1.54) is 0 Å². The Hall–Kier alpha value is -2.19. The molecule has 7 rings (SSSR count). The van der Waals surface area contributed by atoms with Gasteiger partial charge >= 0.3 is 0 Å². The van der Waals surface area contributed by atoms with Crippen LogP contribution in [0.25, 0.3) is 0 Å². The monoisotopic (exact) mass is 447 g/mol. The number of halogens is 4. The van der Waals surface area contributed by atoms with Gasteiger partial charge in [0, 0.05) is 49.4 Å². The first-order valence-electron chi connectivity index (χ1n) is 11.1. The average Bonchev–Trinajstić information content (AvgIpc) is 3.49. The third kappa shape index (κ3) is 2.59. The summed E-state index contributed by atoms with van der Waals surface area (Å²) in [6, 6.07) is 6.75. The molecule has 5 aliphatic rings. The van der Waals surface area contributed by atoms with Crippen LogP contribution in [0.1, 0.15) is 30.4 Å². The number of ether oxygens (including phenoxy) is 1. The van der Waals surface area contributed by atoms with Gasteiger partial charge in [-0.1, -0.05) is 6.07 Å². The van der Waals surface area contributed by atoms with Crippen molar-refractivity contribution in [2.45, 2.75) is 36.2 Å². The maximum absolute atomic E-state index is 15.7. The van der Waals surface area contributed by atoms with Crippen LogP contribution in [0.3, 0.4) is 0 Å². The summed E-state index contributed by atoms with van der Waals surface area (Å²) in [5.41, 5.74) is -2.73. The van der Waals surface area contributed by atoms with Crippen LogP contribution in [0.5, 0.6) is 0 Å². The van der Waals surface area contributed by atoms with Crippen molar-refractivity contribution in [3.8, 4) is 0 Å². The Morgan fingerprint density at radius 2 is 1.69 bits per heavy atom. The van der Waals surface area contributed by atoms with Crippen LogP contribution in [-0.4, -0.2) is 55.6 Å². The summed E-state index contributed by atoms with van der Waals surface area (Å²) in [4.78, 5) is 9.14. The number of hydrogen-bond donors (Lipinski definition) is 0. The van der Waals surface area contributed by atoms with Gasteiger partial charge in [-0.25, -0.2) is 22.5 Å². The number of rotatable bonds is 5. The number of piperazine rings is 1. The van der Waals surface area contributed by atoms with Crippen molar-refractivity contribution >= 4 is 5.82 Å². The van der Waals surface area contributed by atoms with Gasteiger partial charge in [-0.05, 0) is 55.5 Å². The number of benzene rings is 1. The summed E-state index contributed by atoms with van der Waals surface area (Å²) in [6.07, 6.45) is 2.82. The zero-order chi connectivity index (χ0) is 22.4. The number of pyridine rings is 1. The molecule has 2 bridgehead atoms. The maximum atomic E-state index is 15.7. The number of nitrogens with zero attached hydrogens (tertiary/aromatic N) is 3. The van der Waals surface area contributed by atoms with E-state index in [2.05, 4.69) is 21.8 Å². The summed E-state index contributed by atoms with van der Waals surface area (Å²) in [5, 5.41) is 0. The zero-order valence-electron chi connectivity index (χ0n) is 17.9. The highest BCUT2D eigenvalue weighted by Crippen LogP contribution is 2.81. The molecule has 4 nitrogen and oxygen atoms in total. The molecule has 1 atom stereocenters. The summed E-state index contributed by atoms with van der Waals surface area (Å²) in [6.45, 7) is 3.57. The lowest BCUT2D eigenvalue weighted by atomic mass is 9.31. The van der Waals surface area contributed by atoms with Crippen LogP contribution < -0.4 is 4.90 Å². The second-order valence-corrected chi connectivity index (χ2v) is 10.1. The molecule has 2 saturated heterocycles. The Labute approximate surface area is 184 Å². The highest BCUT2D eigenvalue weighted by Gasteiger charge is 2.85. The molecule has 8 heteroatoms. The van der Waals surface area contributed by atoms with Gasteiger partial charge < -0.3 is 14.5 Å². The molecule has 1 aromatic heterocycles. The third-order valence-electron chi connectivity index (χ3n) is 8.19. The van der Waals surface area contributed by atoms with E-state index in [1.54, 1.807) is 0 Å². The van der Waals surface area contributed by atoms with E-state index < -0.39 is 28.6 Å². The summed E-state index contributed by atoms with van der Waals surface area (Å²) in [7, 11) is 2.10. The molecule has 5 fully saturated rings. The predicted molar refractivity (Wildman–Crippen MR) is 111 cm³/mol. The van der Waals surface area contributed by atoms with Gasteiger partial charge in [-0.3, -0.25) is 0 Å². The minimum atomic E-state index is -3.23. The van der Waals surface area contributed by atoms with Crippen molar-refractivity contribution in [1.29, 1.82) is 0 Å². The van der Waals surface area contributed by atoms with E-state index >= 15 is 8.78 Å². The number of epoxide rings is 1. The average molecular weight is 447 g/mol. The molecule has 3 heterocycles.